The minimum Gasteiger partial charge on any atom is -0.373 e. The number of amides is 1. The fourth-order valence-electron chi connectivity index (χ4n) is 1.83. The zero-order valence-corrected chi connectivity index (χ0v) is 12.2. The summed E-state index contributed by atoms with van der Waals surface area (Å²) in [7, 11) is 1.74. The van der Waals surface area contributed by atoms with Crippen LogP contribution in [0.4, 0.5) is 5.82 Å². The highest BCUT2D eigenvalue weighted by atomic mass is 35.5. The molecule has 0 radical (unpaired) electrons. The lowest BCUT2D eigenvalue weighted by molar-refractivity contribution is 0.0951. The van der Waals surface area contributed by atoms with E-state index in [0.29, 0.717) is 22.9 Å². The topological polar surface area (TPSA) is 54.0 Å². The van der Waals surface area contributed by atoms with E-state index in [1.165, 1.54) is 6.20 Å². The first-order valence-electron chi connectivity index (χ1n) is 6.28. The molecule has 0 atom stereocenters. The number of hydrogen-bond acceptors (Lipinski definition) is 3. The van der Waals surface area contributed by atoms with Crippen LogP contribution in [0.3, 0.4) is 0 Å². The summed E-state index contributed by atoms with van der Waals surface area (Å²) in [5.74, 6) is 0.396. The van der Waals surface area contributed by atoms with Gasteiger partial charge in [-0.3, -0.25) is 4.79 Å². The maximum absolute atomic E-state index is 12.2. The average Bonchev–Trinajstić information content (AvgIpc) is 2.46. The summed E-state index contributed by atoms with van der Waals surface area (Å²) < 4.78 is 0. The van der Waals surface area contributed by atoms with Gasteiger partial charge in [0.2, 0.25) is 0 Å². The van der Waals surface area contributed by atoms with Gasteiger partial charge in [-0.15, -0.1) is 0 Å². The third kappa shape index (κ3) is 3.27. The Morgan fingerprint density at radius 3 is 2.80 bits per heavy atom. The third-order valence-electron chi connectivity index (χ3n) is 3.06. The van der Waals surface area contributed by atoms with Gasteiger partial charge in [0.25, 0.3) is 5.91 Å². The second kappa shape index (κ2) is 6.39. The molecule has 2 N–H and O–H groups in total. The number of benzene rings is 1. The summed E-state index contributed by atoms with van der Waals surface area (Å²) in [4.78, 5) is 16.2. The number of aromatic nitrogens is 1. The monoisotopic (exact) mass is 289 g/mol. The van der Waals surface area contributed by atoms with E-state index in [1.807, 2.05) is 31.2 Å². The summed E-state index contributed by atoms with van der Waals surface area (Å²) >= 11 is 6.01. The van der Waals surface area contributed by atoms with Gasteiger partial charge in [0, 0.05) is 19.8 Å². The van der Waals surface area contributed by atoms with E-state index in [4.69, 9.17) is 11.6 Å². The summed E-state index contributed by atoms with van der Waals surface area (Å²) in [6, 6.07) is 9.56. The Morgan fingerprint density at radius 2 is 2.10 bits per heavy atom. The van der Waals surface area contributed by atoms with Crippen molar-refractivity contribution < 1.29 is 4.79 Å². The largest absolute Gasteiger partial charge is 0.373 e. The van der Waals surface area contributed by atoms with Gasteiger partial charge in [-0.25, -0.2) is 4.98 Å². The van der Waals surface area contributed by atoms with Gasteiger partial charge >= 0.3 is 0 Å². The molecule has 1 heterocycles. The van der Waals surface area contributed by atoms with Gasteiger partial charge in [0.05, 0.1) is 10.6 Å². The molecule has 5 heteroatoms. The Morgan fingerprint density at radius 1 is 1.35 bits per heavy atom. The number of carbonyl (C=O) groups is 1. The predicted octanol–water partition coefficient (Wildman–Crippen LogP) is 3.02. The average molecular weight is 290 g/mol. The molecule has 0 spiro atoms. The minimum atomic E-state index is -0.211. The van der Waals surface area contributed by atoms with E-state index in [-0.39, 0.29) is 5.91 Å². The van der Waals surface area contributed by atoms with Gasteiger partial charge in [0.15, 0.2) is 0 Å². The van der Waals surface area contributed by atoms with Crippen molar-refractivity contribution in [2.24, 2.45) is 0 Å². The molecule has 0 aliphatic rings. The molecule has 4 nitrogen and oxygen atoms in total. The van der Waals surface area contributed by atoms with E-state index < -0.39 is 0 Å². The number of aryl methyl sites for hydroxylation is 1. The molecule has 20 heavy (non-hydrogen) atoms. The first kappa shape index (κ1) is 14.3. The SMILES string of the molecule is CNc1cc(C(=O)NCc2ccccc2C)c(Cl)cn1. The Hall–Kier alpha value is -2.07. The molecule has 1 aromatic heterocycles. The summed E-state index contributed by atoms with van der Waals surface area (Å²) in [6.45, 7) is 2.49. The number of halogens is 1. The molecule has 0 unspecified atom stereocenters. The predicted molar refractivity (Wildman–Crippen MR) is 81.1 cm³/mol. The highest BCUT2D eigenvalue weighted by Gasteiger charge is 2.11. The van der Waals surface area contributed by atoms with Crippen LogP contribution in [0.15, 0.2) is 36.5 Å². The van der Waals surface area contributed by atoms with Crippen molar-refractivity contribution in [3.05, 3.63) is 58.2 Å². The highest BCUT2D eigenvalue weighted by Crippen LogP contribution is 2.18. The van der Waals surface area contributed by atoms with E-state index in [9.17, 15) is 4.79 Å². The Bertz CT molecular complexity index is 628. The summed E-state index contributed by atoms with van der Waals surface area (Å²) in [5, 5.41) is 6.09. The standard InChI is InChI=1S/C15H16ClN3O/c1-10-5-3-4-6-11(10)8-19-15(20)12-7-14(17-2)18-9-13(12)16/h3-7,9H,8H2,1-2H3,(H,17,18)(H,19,20). The third-order valence-corrected chi connectivity index (χ3v) is 3.36. The van der Waals surface area contributed by atoms with Crippen LogP contribution in [0.25, 0.3) is 0 Å². The lowest BCUT2D eigenvalue weighted by Gasteiger charge is -2.09. The molecule has 2 rings (SSSR count). The quantitative estimate of drug-likeness (QED) is 0.910. The summed E-state index contributed by atoms with van der Waals surface area (Å²) in [5.41, 5.74) is 2.64. The van der Waals surface area contributed by atoms with Crippen LogP contribution in [0.5, 0.6) is 0 Å². The molecule has 0 fully saturated rings. The molecule has 0 bridgehead atoms. The van der Waals surface area contributed by atoms with E-state index in [2.05, 4.69) is 15.6 Å². The molecule has 2 aromatic rings. The van der Waals surface area contributed by atoms with Crippen LogP contribution >= 0.6 is 11.6 Å². The van der Waals surface area contributed by atoms with Gasteiger partial charge in [-0.2, -0.15) is 0 Å². The van der Waals surface area contributed by atoms with Crippen molar-refractivity contribution in [3.63, 3.8) is 0 Å². The molecule has 0 saturated heterocycles. The zero-order valence-electron chi connectivity index (χ0n) is 11.4. The Balaban J connectivity index is 2.11. The first-order chi connectivity index (χ1) is 9.61. The second-order valence-electron chi connectivity index (χ2n) is 4.41. The molecule has 1 aromatic carbocycles. The van der Waals surface area contributed by atoms with Crippen molar-refractivity contribution in [2.75, 3.05) is 12.4 Å². The number of anilines is 1. The molecule has 0 aliphatic carbocycles. The maximum atomic E-state index is 12.2. The molecule has 0 saturated carbocycles. The number of rotatable bonds is 4. The zero-order chi connectivity index (χ0) is 14.5. The maximum Gasteiger partial charge on any atom is 0.253 e. The van der Waals surface area contributed by atoms with Crippen LogP contribution in [0.2, 0.25) is 5.02 Å². The van der Waals surface area contributed by atoms with Crippen LogP contribution < -0.4 is 10.6 Å². The van der Waals surface area contributed by atoms with Gasteiger partial charge in [0.1, 0.15) is 5.82 Å². The Labute approximate surface area is 123 Å². The fourth-order valence-corrected chi connectivity index (χ4v) is 2.02. The number of carbonyl (C=O) groups excluding carboxylic acids is 1. The normalized spacial score (nSPS) is 10.2. The van der Waals surface area contributed by atoms with Crippen LogP contribution in [-0.2, 0) is 6.54 Å². The van der Waals surface area contributed by atoms with Crippen molar-refractivity contribution in [2.45, 2.75) is 13.5 Å². The van der Waals surface area contributed by atoms with Gasteiger partial charge in [-0.1, -0.05) is 35.9 Å². The lowest BCUT2D eigenvalue weighted by atomic mass is 10.1. The highest BCUT2D eigenvalue weighted by molar-refractivity contribution is 6.33. The lowest BCUT2D eigenvalue weighted by Crippen LogP contribution is -2.23. The minimum absolute atomic E-state index is 0.211. The van der Waals surface area contributed by atoms with Gasteiger partial charge < -0.3 is 10.6 Å². The summed E-state index contributed by atoms with van der Waals surface area (Å²) in [6.07, 6.45) is 1.47. The van der Waals surface area contributed by atoms with Crippen LogP contribution in [0, 0.1) is 6.92 Å². The molecular weight excluding hydrogens is 274 g/mol. The van der Waals surface area contributed by atoms with Crippen molar-refractivity contribution in [3.8, 4) is 0 Å². The van der Waals surface area contributed by atoms with E-state index in [1.54, 1.807) is 13.1 Å². The molecule has 104 valence electrons. The van der Waals surface area contributed by atoms with E-state index in [0.717, 1.165) is 11.1 Å². The molecule has 0 aliphatic heterocycles. The van der Waals surface area contributed by atoms with E-state index >= 15 is 0 Å². The van der Waals surface area contributed by atoms with Crippen LogP contribution in [-0.4, -0.2) is 17.9 Å². The van der Waals surface area contributed by atoms with Gasteiger partial charge in [-0.05, 0) is 24.1 Å². The number of hydrogen-bond donors (Lipinski definition) is 2. The Kier molecular flexibility index (Phi) is 4.58. The first-order valence-corrected chi connectivity index (χ1v) is 6.65. The van der Waals surface area contributed by atoms with Crippen LogP contribution in [0.1, 0.15) is 21.5 Å². The number of pyridine rings is 1. The number of nitrogens with one attached hydrogen (secondary N) is 2. The molecule has 1 amide bonds. The fraction of sp³-hybridized carbons (Fsp3) is 0.200. The second-order valence-corrected chi connectivity index (χ2v) is 4.82. The van der Waals surface area contributed by atoms with Crippen molar-refractivity contribution in [1.29, 1.82) is 0 Å². The smallest absolute Gasteiger partial charge is 0.253 e. The molecular formula is C15H16ClN3O. The van der Waals surface area contributed by atoms with Crippen molar-refractivity contribution >= 4 is 23.3 Å². The van der Waals surface area contributed by atoms with Crippen molar-refractivity contribution in [1.82, 2.24) is 10.3 Å². The number of nitrogens with zero attached hydrogens (tertiary/aromatic N) is 1.